The van der Waals surface area contributed by atoms with Crippen molar-refractivity contribution in [2.45, 2.75) is 92.1 Å². The fourth-order valence-corrected chi connectivity index (χ4v) is 3.94. The van der Waals surface area contributed by atoms with E-state index >= 15 is 0 Å². The molecular formula is C18H32O16. The van der Waals surface area contributed by atoms with E-state index in [-0.39, 0.29) is 0 Å². The number of rotatable bonds is 7. The van der Waals surface area contributed by atoms with Crippen molar-refractivity contribution in [1.29, 1.82) is 0 Å². The zero-order valence-corrected chi connectivity index (χ0v) is 17.7. The summed E-state index contributed by atoms with van der Waals surface area (Å²) in [7, 11) is 0. The molecule has 0 amide bonds. The van der Waals surface area contributed by atoms with Crippen LogP contribution in [0.4, 0.5) is 0 Å². The minimum atomic E-state index is -1.88. The van der Waals surface area contributed by atoms with Crippen molar-refractivity contribution >= 4 is 0 Å². The van der Waals surface area contributed by atoms with E-state index in [1.807, 2.05) is 0 Å². The van der Waals surface area contributed by atoms with Crippen molar-refractivity contribution in [1.82, 2.24) is 0 Å². The Labute approximate surface area is 192 Å². The fourth-order valence-electron chi connectivity index (χ4n) is 3.94. The van der Waals surface area contributed by atoms with Gasteiger partial charge in [-0.1, -0.05) is 0 Å². The average molecular weight is 504 g/mol. The Balaban J connectivity index is 1.66. The molecule has 0 aromatic heterocycles. The summed E-state index contributed by atoms with van der Waals surface area (Å²) in [4.78, 5) is 0. The minimum Gasteiger partial charge on any atom is -0.394 e. The molecule has 34 heavy (non-hydrogen) atoms. The van der Waals surface area contributed by atoms with Gasteiger partial charge in [0.25, 0.3) is 0 Å². The summed E-state index contributed by atoms with van der Waals surface area (Å²) in [5, 5.41) is 109. The molecule has 3 aliphatic heterocycles. The first kappa shape index (κ1) is 27.9. The first-order chi connectivity index (χ1) is 16.0. The number of hydrogen-bond donors (Lipinski definition) is 11. The second-order valence-electron chi connectivity index (χ2n) is 8.37. The normalized spacial score (nSPS) is 52.5. The van der Waals surface area contributed by atoms with E-state index in [4.69, 9.17) is 23.7 Å². The number of aliphatic hydroxyl groups is 11. The fraction of sp³-hybridized carbons (Fsp3) is 1.00. The third-order valence-electron chi connectivity index (χ3n) is 6.07. The Morgan fingerprint density at radius 3 is 1.59 bits per heavy atom. The Kier molecular flexibility index (Phi) is 9.54. The van der Waals surface area contributed by atoms with Crippen molar-refractivity contribution in [2.75, 3.05) is 19.8 Å². The van der Waals surface area contributed by atoms with Gasteiger partial charge >= 0.3 is 0 Å². The smallest absolute Gasteiger partial charge is 0.187 e. The lowest BCUT2D eigenvalue weighted by Crippen LogP contribution is -2.65. The molecule has 16 heteroatoms. The molecule has 16 nitrogen and oxygen atoms in total. The molecule has 0 aliphatic carbocycles. The summed E-state index contributed by atoms with van der Waals surface area (Å²) >= 11 is 0. The topological polar surface area (TPSA) is 269 Å². The van der Waals surface area contributed by atoms with Crippen LogP contribution in [-0.2, 0) is 23.7 Å². The number of hydrogen-bond acceptors (Lipinski definition) is 16. The van der Waals surface area contributed by atoms with Crippen molar-refractivity contribution in [3.8, 4) is 0 Å². The second-order valence-corrected chi connectivity index (χ2v) is 8.37. The van der Waals surface area contributed by atoms with Crippen molar-refractivity contribution in [2.24, 2.45) is 0 Å². The van der Waals surface area contributed by atoms with Crippen molar-refractivity contribution < 1.29 is 79.9 Å². The zero-order valence-electron chi connectivity index (χ0n) is 17.7. The zero-order chi connectivity index (χ0) is 25.3. The van der Waals surface area contributed by atoms with Crippen LogP contribution < -0.4 is 0 Å². The first-order valence-electron chi connectivity index (χ1n) is 10.6. The van der Waals surface area contributed by atoms with Gasteiger partial charge in [-0.25, -0.2) is 0 Å². The predicted octanol–water partition coefficient (Wildman–Crippen LogP) is -7.57. The van der Waals surface area contributed by atoms with Crippen LogP contribution in [0, 0.1) is 0 Å². The third-order valence-corrected chi connectivity index (χ3v) is 6.07. The van der Waals surface area contributed by atoms with E-state index in [0.717, 1.165) is 0 Å². The summed E-state index contributed by atoms with van der Waals surface area (Å²) in [6, 6.07) is 0. The molecule has 3 heterocycles. The van der Waals surface area contributed by atoms with Gasteiger partial charge in [0, 0.05) is 0 Å². The van der Waals surface area contributed by atoms with Crippen molar-refractivity contribution in [3.63, 3.8) is 0 Å². The summed E-state index contributed by atoms with van der Waals surface area (Å²) in [6.45, 7) is -2.06. The van der Waals surface area contributed by atoms with Crippen molar-refractivity contribution in [3.05, 3.63) is 0 Å². The molecule has 200 valence electrons. The molecule has 3 fully saturated rings. The average Bonchev–Trinajstić information content (AvgIpc) is 2.82. The van der Waals surface area contributed by atoms with E-state index in [2.05, 4.69) is 0 Å². The van der Waals surface area contributed by atoms with Crippen LogP contribution in [0.15, 0.2) is 0 Å². The SMILES string of the molecule is OC[C@H]1O[C@H](O)[C@H](O)[C@@H](O[C@H]2O[C@H](CO[C@H]3O[C@H](CO)[C@@H](O)[C@H](O)[C@H]3O)[C@@H](O)[C@H](O)[C@@H]2O)[C@H]1O. The van der Waals surface area contributed by atoms with Crippen LogP contribution in [0.2, 0.25) is 0 Å². The van der Waals surface area contributed by atoms with Gasteiger partial charge in [0.15, 0.2) is 18.9 Å². The van der Waals surface area contributed by atoms with E-state index in [1.165, 1.54) is 0 Å². The maximum Gasteiger partial charge on any atom is 0.187 e. The predicted molar refractivity (Wildman–Crippen MR) is 101 cm³/mol. The highest BCUT2D eigenvalue weighted by Gasteiger charge is 2.51. The molecule has 0 saturated carbocycles. The largest absolute Gasteiger partial charge is 0.394 e. The molecule has 3 saturated heterocycles. The van der Waals surface area contributed by atoms with Gasteiger partial charge in [0.2, 0.25) is 0 Å². The molecule has 0 radical (unpaired) electrons. The van der Waals surface area contributed by atoms with Crippen LogP contribution in [0.1, 0.15) is 0 Å². The lowest BCUT2D eigenvalue weighted by Gasteiger charge is -2.45. The van der Waals surface area contributed by atoms with Crippen LogP contribution in [-0.4, -0.2) is 168 Å². The summed E-state index contributed by atoms with van der Waals surface area (Å²) in [6.07, 6.45) is -25.0. The third kappa shape index (κ3) is 5.52. The molecule has 0 aromatic rings. The molecule has 0 unspecified atom stereocenters. The maximum atomic E-state index is 10.3. The molecule has 0 aromatic carbocycles. The minimum absolute atomic E-state index is 0.617. The van der Waals surface area contributed by atoms with E-state index in [1.54, 1.807) is 0 Å². The Morgan fingerprint density at radius 2 is 1.00 bits per heavy atom. The molecule has 11 N–H and O–H groups in total. The summed E-state index contributed by atoms with van der Waals surface area (Å²) < 4.78 is 26.1. The molecule has 0 bridgehead atoms. The molecule has 3 aliphatic rings. The van der Waals surface area contributed by atoms with Crippen LogP contribution in [0.3, 0.4) is 0 Å². The first-order valence-corrected chi connectivity index (χ1v) is 10.6. The second kappa shape index (κ2) is 11.6. The monoisotopic (exact) mass is 504 g/mol. The van der Waals surface area contributed by atoms with Crippen LogP contribution >= 0.6 is 0 Å². The van der Waals surface area contributed by atoms with Gasteiger partial charge in [0.1, 0.15) is 73.2 Å². The van der Waals surface area contributed by atoms with Gasteiger partial charge in [0.05, 0.1) is 19.8 Å². The quantitative estimate of drug-likeness (QED) is 0.154. The maximum absolute atomic E-state index is 10.3. The Hall–Kier alpha value is -0.640. The highest BCUT2D eigenvalue weighted by atomic mass is 16.7. The lowest BCUT2D eigenvalue weighted by atomic mass is 9.97. The van der Waals surface area contributed by atoms with Gasteiger partial charge in [-0.05, 0) is 0 Å². The number of ether oxygens (including phenoxy) is 5. The molecular weight excluding hydrogens is 472 g/mol. The number of aliphatic hydroxyl groups excluding tert-OH is 11. The molecule has 15 atom stereocenters. The van der Waals surface area contributed by atoms with Crippen LogP contribution in [0.5, 0.6) is 0 Å². The summed E-state index contributed by atoms with van der Waals surface area (Å²) in [5.41, 5.74) is 0. The van der Waals surface area contributed by atoms with Gasteiger partial charge < -0.3 is 79.9 Å². The van der Waals surface area contributed by atoms with E-state index in [9.17, 15) is 56.2 Å². The Morgan fingerprint density at radius 1 is 0.500 bits per heavy atom. The molecule has 3 rings (SSSR count). The van der Waals surface area contributed by atoms with E-state index in [0.29, 0.717) is 0 Å². The van der Waals surface area contributed by atoms with Gasteiger partial charge in [-0.3, -0.25) is 0 Å². The lowest BCUT2D eigenvalue weighted by molar-refractivity contribution is -0.362. The highest BCUT2D eigenvalue weighted by molar-refractivity contribution is 4.94. The molecule has 0 spiro atoms. The summed E-state index contributed by atoms with van der Waals surface area (Å²) in [5.74, 6) is 0. The highest BCUT2D eigenvalue weighted by Crippen LogP contribution is 2.29. The van der Waals surface area contributed by atoms with Gasteiger partial charge in [-0.2, -0.15) is 0 Å². The van der Waals surface area contributed by atoms with E-state index < -0.39 is 112 Å². The Bertz CT molecular complexity index is 639. The standard InChI is InChI=1S/C18H32O16/c19-1-4-7(21)10(24)12(26)17(32-4)30-3-6-8(22)11(25)13(27)18(33-6)34-15-9(23)5(2-20)31-16(29)14(15)28/h4-29H,1-3H2/t4-,5-,6-,7-,8-,9+,10+,11+,12-,13+,14-,15+,16+,17+,18-/m1/s1. The van der Waals surface area contributed by atoms with Crippen LogP contribution in [0.25, 0.3) is 0 Å². The van der Waals surface area contributed by atoms with Gasteiger partial charge in [-0.15, -0.1) is 0 Å².